The van der Waals surface area contributed by atoms with E-state index in [1.165, 1.54) is 99.8 Å². The van der Waals surface area contributed by atoms with Gasteiger partial charge in [0.05, 0.1) is 5.41 Å². The largest absolute Gasteiger partial charge is 0.310 e. The van der Waals surface area contributed by atoms with E-state index in [1.54, 1.807) is 0 Å². The Labute approximate surface area is 390 Å². The van der Waals surface area contributed by atoms with Gasteiger partial charge in [0.2, 0.25) is 0 Å². The van der Waals surface area contributed by atoms with Gasteiger partial charge in [-0.15, -0.1) is 0 Å². The predicted octanol–water partition coefficient (Wildman–Crippen LogP) is 17.5. The maximum Gasteiger partial charge on any atom is 0.0726 e. The van der Waals surface area contributed by atoms with Crippen LogP contribution in [-0.2, 0) is 22.7 Å². The molecule has 3 aliphatic carbocycles. The Hall–Kier alpha value is -7.22. The van der Waals surface area contributed by atoms with Crippen molar-refractivity contribution < 1.29 is 0 Å². The monoisotopic (exact) mass is 849 g/mol. The van der Waals surface area contributed by atoms with E-state index in [0.29, 0.717) is 0 Å². The smallest absolute Gasteiger partial charge is 0.0726 e. The molecule has 0 saturated carbocycles. The van der Waals surface area contributed by atoms with Crippen molar-refractivity contribution in [1.82, 2.24) is 0 Å². The molecule has 0 aliphatic heterocycles. The van der Waals surface area contributed by atoms with Gasteiger partial charge in [0, 0.05) is 17.1 Å². The fourth-order valence-corrected chi connectivity index (χ4v) is 11.9. The number of hydrogen-bond acceptors (Lipinski definition) is 1. The Kier molecular flexibility index (Phi) is 9.10. The molecule has 320 valence electrons. The topological polar surface area (TPSA) is 3.24 Å². The molecule has 1 atom stereocenters. The molecule has 1 unspecified atom stereocenters. The summed E-state index contributed by atoms with van der Waals surface area (Å²) in [5, 5.41) is 2.76. The van der Waals surface area contributed by atoms with Gasteiger partial charge in [-0.2, -0.15) is 0 Å². The predicted molar refractivity (Wildman–Crippen MR) is 281 cm³/mol. The average Bonchev–Trinajstić information content (AvgIpc) is 3.62. The summed E-state index contributed by atoms with van der Waals surface area (Å²) in [5.74, 6) is 0. The number of hydrogen-bond donors (Lipinski definition) is 0. The van der Waals surface area contributed by atoms with Crippen LogP contribution in [0.1, 0.15) is 92.5 Å². The lowest BCUT2D eigenvalue weighted by Crippen LogP contribution is -2.34. The second-order valence-electron chi connectivity index (χ2n) is 20.8. The first-order valence-electron chi connectivity index (χ1n) is 23.8. The molecule has 0 N–H and O–H groups in total. The molecular formula is C65H55N. The van der Waals surface area contributed by atoms with Crippen LogP contribution in [0.15, 0.2) is 194 Å². The molecule has 9 aromatic rings. The Morgan fingerprint density at radius 1 is 0.424 bits per heavy atom. The van der Waals surface area contributed by atoms with Crippen LogP contribution >= 0.6 is 0 Å². The summed E-state index contributed by atoms with van der Waals surface area (Å²) in [7, 11) is 0. The van der Waals surface area contributed by atoms with Crippen molar-refractivity contribution >= 4 is 33.9 Å². The third-order valence-electron chi connectivity index (χ3n) is 14.8. The highest BCUT2D eigenvalue weighted by molar-refractivity contribution is 6.09. The van der Waals surface area contributed by atoms with Crippen LogP contribution in [0.3, 0.4) is 0 Å². The molecule has 0 heterocycles. The molecular weight excluding hydrogens is 795 g/mol. The second-order valence-corrected chi connectivity index (χ2v) is 20.8. The highest BCUT2D eigenvalue weighted by Gasteiger charge is 2.52. The molecule has 3 aliphatic rings. The Morgan fingerprint density at radius 2 is 1.03 bits per heavy atom. The molecule has 12 rings (SSSR count). The third-order valence-corrected chi connectivity index (χ3v) is 14.8. The number of nitrogens with zero attached hydrogens (tertiary/aromatic N) is 1. The van der Waals surface area contributed by atoms with E-state index in [9.17, 15) is 0 Å². The van der Waals surface area contributed by atoms with E-state index < -0.39 is 5.41 Å². The third kappa shape index (κ3) is 6.06. The number of anilines is 3. The first-order valence-corrected chi connectivity index (χ1v) is 23.8. The molecule has 1 nitrogen and oxygen atoms in total. The molecule has 0 saturated heterocycles. The molecule has 0 aromatic heterocycles. The number of allylic oxidation sites excluding steroid dienone is 1. The molecule has 1 heteroatoms. The lowest BCUT2D eigenvalue weighted by atomic mass is 9.58. The van der Waals surface area contributed by atoms with Crippen LogP contribution in [0.4, 0.5) is 17.1 Å². The number of benzene rings is 9. The van der Waals surface area contributed by atoms with Crippen molar-refractivity contribution in [2.75, 3.05) is 4.90 Å². The number of rotatable bonds is 5. The normalized spacial score (nSPS) is 15.6. The summed E-state index contributed by atoms with van der Waals surface area (Å²) < 4.78 is 0. The van der Waals surface area contributed by atoms with E-state index in [1.807, 2.05) is 0 Å². The zero-order chi connectivity index (χ0) is 45.0. The lowest BCUT2D eigenvalue weighted by molar-refractivity contribution is 0.584. The van der Waals surface area contributed by atoms with Crippen molar-refractivity contribution in [3.63, 3.8) is 0 Å². The molecule has 66 heavy (non-hydrogen) atoms. The van der Waals surface area contributed by atoms with Gasteiger partial charge in [-0.05, 0) is 160 Å². The van der Waals surface area contributed by atoms with E-state index in [-0.39, 0.29) is 10.8 Å². The van der Waals surface area contributed by atoms with Crippen molar-refractivity contribution in [2.24, 2.45) is 0 Å². The Balaban J connectivity index is 1.18. The lowest BCUT2D eigenvalue weighted by Gasteiger charge is -2.43. The van der Waals surface area contributed by atoms with Gasteiger partial charge >= 0.3 is 0 Å². The molecule has 0 bridgehead atoms. The van der Waals surface area contributed by atoms with E-state index in [0.717, 1.165) is 29.9 Å². The van der Waals surface area contributed by atoms with Crippen molar-refractivity contribution in [2.45, 2.75) is 70.6 Å². The van der Waals surface area contributed by atoms with Crippen LogP contribution < -0.4 is 4.90 Å². The van der Waals surface area contributed by atoms with E-state index in [2.05, 4.69) is 247 Å². The Morgan fingerprint density at radius 3 is 1.77 bits per heavy atom. The van der Waals surface area contributed by atoms with Crippen molar-refractivity contribution in [3.05, 3.63) is 239 Å². The number of fused-ring (bicyclic) bond motifs is 11. The van der Waals surface area contributed by atoms with Gasteiger partial charge in [-0.25, -0.2) is 0 Å². The SMILES string of the molecule is CC(C)(C)c1cc2c(c3c1C=CCC3)-c1cccc3c(C(C)(C)C)ccc(c13)C21c2ccccc2-c2ccc(N(c3ccc(-c4ccccc4)cc3)c3cccc(-c4ccccc4)c3)cc21. The first kappa shape index (κ1) is 40.3. The van der Waals surface area contributed by atoms with Crippen LogP contribution in [0.5, 0.6) is 0 Å². The van der Waals surface area contributed by atoms with Crippen LogP contribution in [0, 0.1) is 0 Å². The molecule has 0 amide bonds. The molecule has 9 aromatic carbocycles. The second kappa shape index (κ2) is 14.9. The minimum absolute atomic E-state index is 0.0354. The highest BCUT2D eigenvalue weighted by atomic mass is 15.1. The van der Waals surface area contributed by atoms with Crippen LogP contribution in [-0.4, -0.2) is 0 Å². The van der Waals surface area contributed by atoms with Gasteiger partial charge in [0.15, 0.2) is 0 Å². The molecule has 1 spiro atoms. The van der Waals surface area contributed by atoms with Gasteiger partial charge in [-0.3, -0.25) is 0 Å². The van der Waals surface area contributed by atoms with Gasteiger partial charge in [-0.1, -0.05) is 205 Å². The molecule has 0 fully saturated rings. The summed E-state index contributed by atoms with van der Waals surface area (Å²) in [6, 6.07) is 71.1. The summed E-state index contributed by atoms with van der Waals surface area (Å²) >= 11 is 0. The van der Waals surface area contributed by atoms with Gasteiger partial charge in [0.1, 0.15) is 0 Å². The minimum atomic E-state index is -0.578. The summed E-state index contributed by atoms with van der Waals surface area (Å²) in [4.78, 5) is 2.48. The van der Waals surface area contributed by atoms with Gasteiger partial charge < -0.3 is 4.90 Å². The quantitative estimate of drug-likeness (QED) is 0.167. The zero-order valence-electron chi connectivity index (χ0n) is 38.9. The van der Waals surface area contributed by atoms with Crippen LogP contribution in [0.25, 0.3) is 61.4 Å². The summed E-state index contributed by atoms with van der Waals surface area (Å²) in [5.41, 5.74) is 24.2. The van der Waals surface area contributed by atoms with E-state index >= 15 is 0 Å². The maximum atomic E-state index is 2.64. The molecule has 0 radical (unpaired) electrons. The highest BCUT2D eigenvalue weighted by Crippen LogP contribution is 2.64. The summed E-state index contributed by atoms with van der Waals surface area (Å²) in [6.07, 6.45) is 6.90. The van der Waals surface area contributed by atoms with Crippen molar-refractivity contribution in [1.29, 1.82) is 0 Å². The minimum Gasteiger partial charge on any atom is -0.310 e. The Bertz CT molecular complexity index is 3410. The van der Waals surface area contributed by atoms with Crippen molar-refractivity contribution in [3.8, 4) is 44.5 Å². The van der Waals surface area contributed by atoms with Gasteiger partial charge in [0.25, 0.3) is 0 Å². The summed E-state index contributed by atoms with van der Waals surface area (Å²) in [6.45, 7) is 14.3. The zero-order valence-corrected chi connectivity index (χ0v) is 38.9. The van der Waals surface area contributed by atoms with E-state index in [4.69, 9.17) is 0 Å². The average molecular weight is 850 g/mol. The van der Waals surface area contributed by atoms with Crippen LogP contribution in [0.2, 0.25) is 0 Å². The fraction of sp³-hybridized carbons (Fsp3) is 0.169. The fourth-order valence-electron chi connectivity index (χ4n) is 11.9. The standard InChI is InChI=1S/C65H55N/c1-63(2,3)55-37-38-57-62-53(55)28-18-29-54(62)61-52-27-14-13-26-50(52)58(64(4,5)6)41-60(61)65(57)56-30-16-15-25-49(56)51-36-35-48(40-59(51)65)66(46-33-31-44(32-34-46)42-19-9-7-10-20-42)47-24-17-23-45(39-47)43-21-11-8-12-22-43/h7-13,15-26,28-41H,14,27H2,1-6H3. The first-order chi connectivity index (χ1) is 32.0. The maximum absolute atomic E-state index is 2.64.